The Bertz CT molecular complexity index is 363. The molecule has 1 unspecified atom stereocenters. The van der Waals surface area contributed by atoms with Crippen LogP contribution in [0, 0.1) is 6.92 Å². The van der Waals surface area contributed by atoms with Crippen molar-refractivity contribution < 1.29 is 9.90 Å². The highest BCUT2D eigenvalue weighted by Crippen LogP contribution is 2.12. The lowest BCUT2D eigenvalue weighted by molar-refractivity contribution is 0.0470. The third-order valence-electron chi connectivity index (χ3n) is 2.28. The minimum atomic E-state index is -0.851. The van der Waals surface area contributed by atoms with Gasteiger partial charge in [-0.15, -0.1) is 5.10 Å². The van der Waals surface area contributed by atoms with Gasteiger partial charge in [-0.1, -0.05) is 17.8 Å². The lowest BCUT2D eigenvalue weighted by Crippen LogP contribution is -2.40. The quantitative estimate of drug-likeness (QED) is 0.813. The molecule has 1 atom stereocenters. The topological polar surface area (TPSA) is 75.1 Å². The molecule has 1 aromatic heterocycles. The molecule has 2 N–H and O–H groups in total. The van der Waals surface area contributed by atoms with Crippen molar-refractivity contribution in [2.75, 3.05) is 6.54 Å². The zero-order valence-corrected chi connectivity index (χ0v) is 10.6. The Labute approximate surface area is 99.0 Å². The molecule has 1 aromatic rings. The van der Waals surface area contributed by atoms with Crippen molar-refractivity contribution in [1.29, 1.82) is 0 Å². The van der Waals surface area contributed by atoms with Gasteiger partial charge in [0.25, 0.3) is 5.91 Å². The monoisotopic (exact) mass is 243 g/mol. The van der Waals surface area contributed by atoms with Crippen LogP contribution in [0.3, 0.4) is 0 Å². The molecular weight excluding hydrogens is 226 g/mol. The van der Waals surface area contributed by atoms with Crippen molar-refractivity contribution in [3.63, 3.8) is 0 Å². The highest BCUT2D eigenvalue weighted by Gasteiger charge is 2.21. The van der Waals surface area contributed by atoms with E-state index >= 15 is 0 Å². The molecule has 0 radical (unpaired) electrons. The summed E-state index contributed by atoms with van der Waals surface area (Å²) in [5, 5.41) is 16.3. The van der Waals surface area contributed by atoms with Gasteiger partial charge in [0.2, 0.25) is 0 Å². The molecule has 16 heavy (non-hydrogen) atoms. The third-order valence-corrected chi connectivity index (χ3v) is 3.10. The van der Waals surface area contributed by atoms with Crippen molar-refractivity contribution in [2.45, 2.75) is 39.2 Å². The van der Waals surface area contributed by atoms with Crippen molar-refractivity contribution in [3.05, 3.63) is 10.6 Å². The summed E-state index contributed by atoms with van der Waals surface area (Å²) < 4.78 is 3.69. The van der Waals surface area contributed by atoms with Crippen LogP contribution in [0.15, 0.2) is 0 Å². The maximum atomic E-state index is 11.7. The van der Waals surface area contributed by atoms with Crippen molar-refractivity contribution in [3.8, 4) is 0 Å². The van der Waals surface area contributed by atoms with E-state index in [4.69, 9.17) is 0 Å². The maximum Gasteiger partial charge on any atom is 0.265 e. The van der Waals surface area contributed by atoms with E-state index in [1.54, 1.807) is 13.8 Å². The number of aromatic nitrogens is 2. The third kappa shape index (κ3) is 3.53. The molecule has 1 heterocycles. The lowest BCUT2D eigenvalue weighted by Gasteiger charge is -2.22. The molecule has 0 aliphatic heterocycles. The number of carbonyl (C=O) groups excluding carboxylic acids is 1. The number of nitrogens with one attached hydrogen (secondary N) is 1. The summed E-state index contributed by atoms with van der Waals surface area (Å²) >= 11 is 1.07. The minimum Gasteiger partial charge on any atom is -0.388 e. The zero-order chi connectivity index (χ0) is 12.2. The largest absolute Gasteiger partial charge is 0.388 e. The molecule has 90 valence electrons. The smallest absolute Gasteiger partial charge is 0.265 e. The van der Waals surface area contributed by atoms with E-state index in [1.807, 2.05) is 6.92 Å². The molecule has 5 nitrogen and oxygen atoms in total. The van der Waals surface area contributed by atoms with Crippen LogP contribution in [0.25, 0.3) is 0 Å². The van der Waals surface area contributed by atoms with Crippen LogP contribution in [0.2, 0.25) is 0 Å². The molecule has 1 rings (SSSR count). The Hall–Kier alpha value is -1.01. The Kier molecular flexibility index (Phi) is 4.37. The first-order valence-corrected chi connectivity index (χ1v) is 6.03. The van der Waals surface area contributed by atoms with E-state index in [0.29, 0.717) is 17.0 Å². The number of rotatable bonds is 5. The molecule has 0 aliphatic carbocycles. The molecule has 0 aliphatic rings. The Balaban J connectivity index is 2.51. The highest BCUT2D eigenvalue weighted by atomic mass is 32.1. The van der Waals surface area contributed by atoms with E-state index in [9.17, 15) is 9.90 Å². The molecular formula is C10H17N3O2S. The summed E-state index contributed by atoms with van der Waals surface area (Å²) in [6.07, 6.45) is 1.54. The van der Waals surface area contributed by atoms with Gasteiger partial charge in [-0.25, -0.2) is 0 Å². The van der Waals surface area contributed by atoms with Gasteiger partial charge in [0.05, 0.1) is 11.3 Å². The van der Waals surface area contributed by atoms with Crippen molar-refractivity contribution >= 4 is 17.4 Å². The van der Waals surface area contributed by atoms with Crippen LogP contribution in [0.5, 0.6) is 0 Å². The number of hydrogen-bond donors (Lipinski definition) is 2. The summed E-state index contributed by atoms with van der Waals surface area (Å²) in [4.78, 5) is 12.2. The number of aliphatic hydroxyl groups is 1. The van der Waals surface area contributed by atoms with Gasteiger partial charge in [0, 0.05) is 6.54 Å². The minimum absolute atomic E-state index is 0.219. The SMILES string of the molecule is CCCC(C)(O)CNC(=O)c1snnc1C. The number of hydrogen-bond acceptors (Lipinski definition) is 5. The van der Waals surface area contributed by atoms with Gasteiger partial charge in [-0.2, -0.15) is 0 Å². The van der Waals surface area contributed by atoms with Crippen LogP contribution in [0.4, 0.5) is 0 Å². The van der Waals surface area contributed by atoms with Gasteiger partial charge in [0.15, 0.2) is 0 Å². The zero-order valence-electron chi connectivity index (χ0n) is 9.78. The fraction of sp³-hybridized carbons (Fsp3) is 0.700. The summed E-state index contributed by atoms with van der Waals surface area (Å²) in [6, 6.07) is 0. The first-order chi connectivity index (χ1) is 7.46. The van der Waals surface area contributed by atoms with Crippen LogP contribution in [-0.4, -0.2) is 32.7 Å². The predicted molar refractivity (Wildman–Crippen MR) is 62.5 cm³/mol. The number of nitrogens with zero attached hydrogens (tertiary/aromatic N) is 2. The molecule has 1 amide bonds. The van der Waals surface area contributed by atoms with E-state index < -0.39 is 5.60 Å². The summed E-state index contributed by atoms with van der Waals surface area (Å²) in [5.74, 6) is -0.219. The summed E-state index contributed by atoms with van der Waals surface area (Å²) in [5.41, 5.74) is -0.228. The van der Waals surface area contributed by atoms with Crippen molar-refractivity contribution in [2.24, 2.45) is 0 Å². The van der Waals surface area contributed by atoms with E-state index in [-0.39, 0.29) is 12.5 Å². The maximum absolute atomic E-state index is 11.7. The molecule has 0 aromatic carbocycles. The lowest BCUT2D eigenvalue weighted by atomic mass is 10.0. The average molecular weight is 243 g/mol. The predicted octanol–water partition coefficient (Wildman–Crippen LogP) is 1.13. The Morgan fingerprint density at radius 2 is 2.31 bits per heavy atom. The molecule has 0 saturated heterocycles. The van der Waals surface area contributed by atoms with Gasteiger partial charge in [-0.3, -0.25) is 4.79 Å². The molecule has 6 heteroatoms. The van der Waals surface area contributed by atoms with Gasteiger partial charge in [0.1, 0.15) is 4.88 Å². The number of amides is 1. The van der Waals surface area contributed by atoms with Crippen LogP contribution >= 0.6 is 11.5 Å². The first-order valence-electron chi connectivity index (χ1n) is 5.26. The van der Waals surface area contributed by atoms with Gasteiger partial charge >= 0.3 is 0 Å². The second-order valence-corrected chi connectivity index (χ2v) is 4.87. The molecule has 0 saturated carbocycles. The summed E-state index contributed by atoms with van der Waals surface area (Å²) in [6.45, 7) is 5.70. The normalized spacial score (nSPS) is 14.5. The fourth-order valence-corrected chi connectivity index (χ4v) is 1.99. The van der Waals surface area contributed by atoms with E-state index in [2.05, 4.69) is 14.9 Å². The van der Waals surface area contributed by atoms with E-state index in [0.717, 1.165) is 18.0 Å². The van der Waals surface area contributed by atoms with Gasteiger partial charge < -0.3 is 10.4 Å². The average Bonchev–Trinajstić information content (AvgIpc) is 2.61. The first kappa shape index (κ1) is 13.1. The number of carbonyl (C=O) groups is 1. The summed E-state index contributed by atoms with van der Waals surface area (Å²) in [7, 11) is 0. The fourth-order valence-electron chi connectivity index (χ4n) is 1.42. The van der Waals surface area contributed by atoms with E-state index in [1.165, 1.54) is 0 Å². The molecule has 0 fully saturated rings. The number of aryl methyl sites for hydroxylation is 1. The molecule has 0 bridgehead atoms. The Morgan fingerprint density at radius 3 is 2.81 bits per heavy atom. The Morgan fingerprint density at radius 1 is 1.62 bits per heavy atom. The van der Waals surface area contributed by atoms with Crippen LogP contribution in [-0.2, 0) is 0 Å². The van der Waals surface area contributed by atoms with Crippen LogP contribution < -0.4 is 5.32 Å². The molecule has 0 spiro atoms. The van der Waals surface area contributed by atoms with Gasteiger partial charge in [-0.05, 0) is 31.8 Å². The van der Waals surface area contributed by atoms with Crippen molar-refractivity contribution in [1.82, 2.24) is 14.9 Å². The highest BCUT2D eigenvalue weighted by molar-refractivity contribution is 7.07. The van der Waals surface area contributed by atoms with Crippen LogP contribution in [0.1, 0.15) is 42.1 Å². The second kappa shape index (κ2) is 5.36. The second-order valence-electron chi connectivity index (χ2n) is 4.12. The standard InChI is InChI=1S/C10H17N3O2S/c1-4-5-10(3,15)6-11-9(14)8-7(2)12-13-16-8/h15H,4-6H2,1-3H3,(H,11,14).